The molecule has 7 rings (SSSR count). The monoisotopic (exact) mass is 620 g/mol. The second-order valence-electron chi connectivity index (χ2n) is 14.0. The number of amides is 2. The van der Waals surface area contributed by atoms with E-state index in [4.69, 9.17) is 9.73 Å². The molecule has 1 spiro atoms. The van der Waals surface area contributed by atoms with Gasteiger partial charge in [-0.25, -0.2) is 0 Å². The first-order chi connectivity index (χ1) is 22.3. The largest absolute Gasteiger partial charge is 0.457 e. The molecule has 240 valence electrons. The van der Waals surface area contributed by atoms with Gasteiger partial charge < -0.3 is 19.9 Å². The summed E-state index contributed by atoms with van der Waals surface area (Å²) >= 11 is 0. The van der Waals surface area contributed by atoms with Crippen molar-refractivity contribution in [3.8, 4) is 22.8 Å². The Morgan fingerprint density at radius 2 is 1.70 bits per heavy atom. The van der Waals surface area contributed by atoms with Crippen molar-refractivity contribution in [2.45, 2.75) is 89.8 Å². The van der Waals surface area contributed by atoms with Crippen LogP contribution in [-0.4, -0.2) is 68.9 Å². The first-order valence-corrected chi connectivity index (χ1v) is 16.9. The molecule has 1 N–H and O–H groups in total. The molecule has 2 aromatic carbocycles. The summed E-state index contributed by atoms with van der Waals surface area (Å²) in [5.41, 5.74) is 3.74. The van der Waals surface area contributed by atoms with Crippen molar-refractivity contribution < 1.29 is 14.3 Å². The average molecular weight is 621 g/mol. The van der Waals surface area contributed by atoms with Gasteiger partial charge in [0.2, 0.25) is 5.91 Å². The summed E-state index contributed by atoms with van der Waals surface area (Å²) < 4.78 is 6.51. The summed E-state index contributed by atoms with van der Waals surface area (Å²) in [5.74, 6) is 2.73. The summed E-state index contributed by atoms with van der Waals surface area (Å²) in [4.78, 5) is 35.6. The van der Waals surface area contributed by atoms with Crippen molar-refractivity contribution in [1.29, 1.82) is 0 Å². The number of ether oxygens (including phenoxy) is 1. The van der Waals surface area contributed by atoms with Crippen LogP contribution in [0.1, 0.15) is 88.5 Å². The molecule has 9 nitrogen and oxygen atoms in total. The number of nitrogens with one attached hydrogen (secondary N) is 1. The first kappa shape index (κ1) is 30.5. The Kier molecular flexibility index (Phi) is 8.36. The molecule has 3 aromatic rings. The molecule has 46 heavy (non-hydrogen) atoms. The van der Waals surface area contributed by atoms with Crippen molar-refractivity contribution in [2.24, 2.45) is 10.9 Å². The number of carbonyl (C=O) groups excluding carboxylic acids is 2. The SMILES string of the molecule is CC(C)c1ccc(-c2ccc(Oc3cc(C4=NC5(CCN(C6CCCC6)CC5)C(=O)N4)ccc3CN3C[C@@H](C)CC3=O)cc2)nn1. The second-order valence-corrected chi connectivity index (χ2v) is 14.0. The Bertz CT molecular complexity index is 1620. The van der Waals surface area contributed by atoms with Crippen LogP contribution in [0.15, 0.2) is 59.6 Å². The highest BCUT2D eigenvalue weighted by Gasteiger charge is 2.47. The number of aromatic nitrogens is 2. The lowest BCUT2D eigenvalue weighted by molar-refractivity contribution is -0.128. The quantitative estimate of drug-likeness (QED) is 0.328. The van der Waals surface area contributed by atoms with E-state index in [1.165, 1.54) is 25.7 Å². The highest BCUT2D eigenvalue weighted by atomic mass is 16.5. The van der Waals surface area contributed by atoms with E-state index in [9.17, 15) is 9.59 Å². The molecule has 3 fully saturated rings. The molecule has 1 saturated carbocycles. The van der Waals surface area contributed by atoms with E-state index in [-0.39, 0.29) is 11.8 Å². The molecule has 1 aliphatic carbocycles. The van der Waals surface area contributed by atoms with Gasteiger partial charge in [0.1, 0.15) is 22.9 Å². The van der Waals surface area contributed by atoms with Crippen molar-refractivity contribution in [2.75, 3.05) is 19.6 Å². The summed E-state index contributed by atoms with van der Waals surface area (Å²) in [6.07, 6.45) is 7.22. The van der Waals surface area contributed by atoms with Crippen LogP contribution in [-0.2, 0) is 16.1 Å². The number of amidine groups is 1. The number of nitrogens with zero attached hydrogens (tertiary/aromatic N) is 5. The van der Waals surface area contributed by atoms with E-state index < -0.39 is 5.54 Å². The lowest BCUT2D eigenvalue weighted by Gasteiger charge is -2.38. The van der Waals surface area contributed by atoms with Gasteiger partial charge in [0.25, 0.3) is 5.91 Å². The maximum Gasteiger partial charge on any atom is 0.253 e. The average Bonchev–Trinajstić information content (AvgIpc) is 3.79. The maximum absolute atomic E-state index is 13.4. The molecule has 4 heterocycles. The number of piperidine rings is 1. The molecule has 0 bridgehead atoms. The van der Waals surface area contributed by atoms with Gasteiger partial charge >= 0.3 is 0 Å². The number of benzene rings is 2. The molecule has 0 unspecified atom stereocenters. The predicted molar refractivity (Wildman–Crippen MR) is 178 cm³/mol. The molecule has 0 radical (unpaired) electrons. The lowest BCUT2D eigenvalue weighted by Crippen LogP contribution is -2.51. The normalized spacial score (nSPS) is 21.8. The van der Waals surface area contributed by atoms with Gasteiger partial charge in [0, 0.05) is 55.3 Å². The van der Waals surface area contributed by atoms with Gasteiger partial charge in [-0.05, 0) is 80.0 Å². The van der Waals surface area contributed by atoms with E-state index in [0.29, 0.717) is 48.2 Å². The molecule has 3 aliphatic heterocycles. The molecule has 4 aliphatic rings. The number of carbonyl (C=O) groups is 2. The number of aliphatic imine (C=N–C) groups is 1. The molecule has 2 saturated heterocycles. The third-order valence-electron chi connectivity index (χ3n) is 10.2. The van der Waals surface area contributed by atoms with Crippen molar-refractivity contribution in [1.82, 2.24) is 25.3 Å². The molecule has 1 aromatic heterocycles. The Morgan fingerprint density at radius 1 is 0.957 bits per heavy atom. The number of hydrogen-bond acceptors (Lipinski definition) is 7. The van der Waals surface area contributed by atoms with Crippen LogP contribution in [0, 0.1) is 5.92 Å². The van der Waals surface area contributed by atoms with E-state index >= 15 is 0 Å². The fourth-order valence-corrected chi connectivity index (χ4v) is 7.40. The van der Waals surface area contributed by atoms with Crippen LogP contribution in [0.5, 0.6) is 11.5 Å². The fraction of sp³-hybridized carbons (Fsp3) is 0.486. The van der Waals surface area contributed by atoms with Crippen molar-refractivity contribution >= 4 is 17.6 Å². The molecule has 1 atom stereocenters. The van der Waals surface area contributed by atoms with E-state index in [2.05, 4.69) is 41.2 Å². The van der Waals surface area contributed by atoms with Gasteiger partial charge in [-0.1, -0.05) is 45.7 Å². The molecule has 9 heteroatoms. The van der Waals surface area contributed by atoms with Crippen LogP contribution in [0.2, 0.25) is 0 Å². The Labute approximate surface area is 271 Å². The fourth-order valence-electron chi connectivity index (χ4n) is 7.40. The Hall–Kier alpha value is -4.11. The molecular weight excluding hydrogens is 576 g/mol. The minimum Gasteiger partial charge on any atom is -0.457 e. The van der Waals surface area contributed by atoms with E-state index in [0.717, 1.165) is 60.6 Å². The predicted octanol–water partition coefficient (Wildman–Crippen LogP) is 6.08. The zero-order chi connectivity index (χ0) is 31.8. The Balaban J connectivity index is 1.13. The maximum atomic E-state index is 13.4. The van der Waals surface area contributed by atoms with Crippen LogP contribution >= 0.6 is 0 Å². The highest BCUT2D eigenvalue weighted by molar-refractivity contribution is 6.15. The first-order valence-electron chi connectivity index (χ1n) is 16.9. The van der Waals surface area contributed by atoms with E-state index in [1.807, 2.05) is 59.5 Å². The summed E-state index contributed by atoms with van der Waals surface area (Å²) in [5, 5.41) is 11.9. The molecule has 2 amide bonds. The standard InChI is InChI=1S/C37H44N6O3/c1-24(2)31-14-15-32(41-40-31)26-10-12-30(13-11-26)46-33-21-27(8-9-28(33)23-43-22-25(3)20-34(43)44)35-38-36(45)37(39-35)16-18-42(19-17-37)29-6-4-5-7-29/h8-15,21,24-25,29H,4-7,16-20,22-23H2,1-3H3,(H,38,39,45)/t25-/m0/s1. The summed E-state index contributed by atoms with van der Waals surface area (Å²) in [7, 11) is 0. The van der Waals surface area contributed by atoms with Crippen LogP contribution in [0.3, 0.4) is 0 Å². The van der Waals surface area contributed by atoms with E-state index in [1.54, 1.807) is 0 Å². The molecular formula is C37H44N6O3. The van der Waals surface area contributed by atoms with Gasteiger partial charge in [-0.2, -0.15) is 10.2 Å². The van der Waals surface area contributed by atoms with Crippen LogP contribution in [0.4, 0.5) is 0 Å². The lowest BCUT2D eigenvalue weighted by atomic mass is 9.87. The summed E-state index contributed by atoms with van der Waals surface area (Å²) in [6.45, 7) is 9.33. The number of hydrogen-bond donors (Lipinski definition) is 1. The zero-order valence-electron chi connectivity index (χ0n) is 27.2. The smallest absolute Gasteiger partial charge is 0.253 e. The highest BCUT2D eigenvalue weighted by Crippen LogP contribution is 2.36. The van der Waals surface area contributed by atoms with Crippen LogP contribution < -0.4 is 10.1 Å². The van der Waals surface area contributed by atoms with Crippen molar-refractivity contribution in [3.05, 3.63) is 71.4 Å². The number of rotatable bonds is 8. The third-order valence-corrected chi connectivity index (χ3v) is 10.2. The Morgan fingerprint density at radius 3 is 2.35 bits per heavy atom. The zero-order valence-corrected chi connectivity index (χ0v) is 27.2. The van der Waals surface area contributed by atoms with Gasteiger partial charge in [-0.3, -0.25) is 14.6 Å². The van der Waals surface area contributed by atoms with Gasteiger partial charge in [0.05, 0.1) is 11.4 Å². The second kappa shape index (κ2) is 12.6. The minimum absolute atomic E-state index is 0.00289. The van der Waals surface area contributed by atoms with Gasteiger partial charge in [-0.15, -0.1) is 0 Å². The van der Waals surface area contributed by atoms with Crippen LogP contribution in [0.25, 0.3) is 11.3 Å². The number of likely N-dealkylation sites (tertiary alicyclic amines) is 2. The van der Waals surface area contributed by atoms with Gasteiger partial charge in [0.15, 0.2) is 0 Å². The topological polar surface area (TPSA) is 100 Å². The summed E-state index contributed by atoms with van der Waals surface area (Å²) in [6, 6.07) is 18.4. The van der Waals surface area contributed by atoms with Crippen molar-refractivity contribution in [3.63, 3.8) is 0 Å². The third kappa shape index (κ3) is 6.17. The minimum atomic E-state index is -0.700.